The van der Waals surface area contributed by atoms with Gasteiger partial charge in [-0.1, -0.05) is 257 Å². The first-order valence-corrected chi connectivity index (χ1v) is 28.2. The van der Waals surface area contributed by atoms with Gasteiger partial charge in [0.1, 0.15) is 0 Å². The SMILES string of the molecule is CCCCCCCCCCCCCC/C=C/C(CCCCCCC)COS(=O)(=O)[O-].CCCCCCCCCCCCCC/C=C/C(CCCCCCC)COS(=O)(=O)[O-].[Ca+2]. The summed E-state index contributed by atoms with van der Waals surface area (Å²) in [6.45, 7) is 8.87. The number of allylic oxidation sites excluding steroid dienone is 2. The third-order valence-electron chi connectivity index (χ3n) is 11.5. The van der Waals surface area contributed by atoms with Crippen molar-refractivity contribution < 1.29 is 34.3 Å². The Morgan fingerprint density at radius 2 is 0.574 bits per heavy atom. The molecule has 0 saturated carbocycles. The van der Waals surface area contributed by atoms with E-state index in [9.17, 15) is 25.9 Å². The van der Waals surface area contributed by atoms with Gasteiger partial charge in [-0.15, -0.1) is 0 Å². The molecule has 2 atom stereocenters. The molecule has 0 aromatic heterocycles. The van der Waals surface area contributed by atoms with Crippen molar-refractivity contribution in [1.29, 1.82) is 0 Å². The van der Waals surface area contributed by atoms with Gasteiger partial charge in [0.2, 0.25) is 20.8 Å². The van der Waals surface area contributed by atoms with Crippen LogP contribution in [0, 0.1) is 11.8 Å². The maximum atomic E-state index is 10.8. The molecule has 8 nitrogen and oxygen atoms in total. The van der Waals surface area contributed by atoms with Gasteiger partial charge in [0, 0.05) is 11.8 Å². The molecule has 0 fully saturated rings. The van der Waals surface area contributed by atoms with Gasteiger partial charge in [0.25, 0.3) is 0 Å². The van der Waals surface area contributed by atoms with E-state index in [-0.39, 0.29) is 62.8 Å². The summed E-state index contributed by atoms with van der Waals surface area (Å²) in [7, 11) is -9.20. The van der Waals surface area contributed by atoms with Crippen LogP contribution in [0.1, 0.15) is 272 Å². The average Bonchev–Trinajstić information content (AvgIpc) is 3.20. The molecule has 0 radical (unpaired) electrons. The Bertz CT molecular complexity index is 1040. The minimum absolute atomic E-state index is 0. The molecule has 2 unspecified atom stereocenters. The fraction of sp³-hybridized carbons (Fsp3) is 0.920. The Labute approximate surface area is 410 Å². The molecule has 0 N–H and O–H groups in total. The molecule has 0 aromatic carbocycles. The van der Waals surface area contributed by atoms with Gasteiger partial charge >= 0.3 is 37.7 Å². The summed E-state index contributed by atoms with van der Waals surface area (Å²) in [5, 5.41) is 0. The number of hydrogen-bond acceptors (Lipinski definition) is 8. The van der Waals surface area contributed by atoms with Crippen molar-refractivity contribution in [2.45, 2.75) is 272 Å². The molecule has 0 aliphatic heterocycles. The van der Waals surface area contributed by atoms with Crippen molar-refractivity contribution in [3.05, 3.63) is 24.3 Å². The predicted molar refractivity (Wildman–Crippen MR) is 260 cm³/mol. The first-order valence-electron chi connectivity index (χ1n) is 25.5. The first-order chi connectivity index (χ1) is 29.0. The van der Waals surface area contributed by atoms with Crippen molar-refractivity contribution in [1.82, 2.24) is 0 Å². The smallest absolute Gasteiger partial charge is 0.726 e. The molecule has 11 heteroatoms. The van der Waals surface area contributed by atoms with E-state index < -0.39 is 20.8 Å². The Morgan fingerprint density at radius 1 is 0.361 bits per heavy atom. The van der Waals surface area contributed by atoms with Gasteiger partial charge in [-0.25, -0.2) is 16.8 Å². The summed E-state index contributed by atoms with van der Waals surface area (Å²) >= 11 is 0. The monoisotopic (exact) mass is 931 g/mol. The molecule has 0 saturated heterocycles. The maximum absolute atomic E-state index is 10.8. The van der Waals surface area contributed by atoms with Crippen LogP contribution in [0.15, 0.2) is 24.3 Å². The van der Waals surface area contributed by atoms with Crippen LogP contribution in [-0.2, 0) is 29.2 Å². The first kappa shape index (κ1) is 65.8. The average molecular weight is 932 g/mol. The van der Waals surface area contributed by atoms with E-state index in [1.54, 1.807) is 0 Å². The minimum atomic E-state index is -4.60. The van der Waals surface area contributed by atoms with Gasteiger partial charge in [-0.3, -0.25) is 8.37 Å². The van der Waals surface area contributed by atoms with E-state index in [4.69, 9.17) is 0 Å². The topological polar surface area (TPSA) is 133 Å². The van der Waals surface area contributed by atoms with Gasteiger partial charge in [-0.05, 0) is 38.5 Å². The largest absolute Gasteiger partial charge is 2.00 e. The third-order valence-corrected chi connectivity index (χ3v) is 12.3. The molecule has 0 heterocycles. The van der Waals surface area contributed by atoms with Crippen LogP contribution >= 0.6 is 0 Å². The Kier molecular flexibility index (Phi) is 55.5. The summed E-state index contributed by atoms with van der Waals surface area (Å²) in [4.78, 5) is 0. The molecular formula is C50H98CaO8S2. The van der Waals surface area contributed by atoms with E-state index in [0.29, 0.717) is 0 Å². The van der Waals surface area contributed by atoms with Crippen LogP contribution in [0.25, 0.3) is 0 Å². The van der Waals surface area contributed by atoms with Crippen molar-refractivity contribution in [2.75, 3.05) is 13.2 Å². The predicted octanol–water partition coefficient (Wildman–Crippen LogP) is 15.8. The Hall–Kier alpha value is 0.480. The van der Waals surface area contributed by atoms with Crippen molar-refractivity contribution in [3.63, 3.8) is 0 Å². The summed E-state index contributed by atoms with van der Waals surface area (Å²) in [5.74, 6) is 0.0420. The van der Waals surface area contributed by atoms with Gasteiger partial charge in [0.15, 0.2) is 0 Å². The van der Waals surface area contributed by atoms with Crippen LogP contribution < -0.4 is 0 Å². The molecule has 0 bridgehead atoms. The third kappa shape index (κ3) is 60.5. The van der Waals surface area contributed by atoms with Crippen LogP contribution in [0.2, 0.25) is 0 Å². The van der Waals surface area contributed by atoms with E-state index in [1.165, 1.54) is 193 Å². The second kappa shape index (κ2) is 51.5. The molecule has 0 aromatic rings. The summed E-state index contributed by atoms with van der Waals surface area (Å²) in [6.07, 6.45) is 56.3. The van der Waals surface area contributed by atoms with E-state index in [2.05, 4.69) is 60.4 Å². The van der Waals surface area contributed by atoms with Crippen LogP contribution in [-0.4, -0.2) is 76.9 Å². The van der Waals surface area contributed by atoms with Crippen LogP contribution in [0.5, 0.6) is 0 Å². The minimum Gasteiger partial charge on any atom is -0.726 e. The maximum Gasteiger partial charge on any atom is 2.00 e. The van der Waals surface area contributed by atoms with Gasteiger partial charge in [-0.2, -0.15) is 0 Å². The van der Waals surface area contributed by atoms with Crippen molar-refractivity contribution in [3.8, 4) is 0 Å². The molecule has 0 amide bonds. The van der Waals surface area contributed by atoms with Gasteiger partial charge in [0.05, 0.1) is 13.2 Å². The fourth-order valence-corrected chi connectivity index (χ4v) is 8.30. The Morgan fingerprint density at radius 3 is 0.803 bits per heavy atom. The molecule has 0 aliphatic rings. The van der Waals surface area contributed by atoms with Crippen LogP contribution in [0.4, 0.5) is 0 Å². The summed E-state index contributed by atoms with van der Waals surface area (Å²) in [5.41, 5.74) is 0. The van der Waals surface area contributed by atoms with E-state index in [0.717, 1.165) is 51.4 Å². The van der Waals surface area contributed by atoms with E-state index >= 15 is 0 Å². The zero-order valence-electron chi connectivity index (χ0n) is 40.5. The number of unbranched alkanes of at least 4 members (excludes halogenated alkanes) is 32. The molecular weight excluding hydrogens is 833 g/mol. The number of hydrogen-bond donors (Lipinski definition) is 0. The van der Waals surface area contributed by atoms with E-state index in [1.807, 2.05) is 0 Å². The quantitative estimate of drug-likeness (QED) is 0.0194. The molecule has 61 heavy (non-hydrogen) atoms. The summed E-state index contributed by atoms with van der Waals surface area (Å²) in [6, 6.07) is 0. The Balaban J connectivity index is -0.00000109. The molecule has 0 spiro atoms. The second-order valence-electron chi connectivity index (χ2n) is 17.5. The molecule has 0 rings (SSSR count). The number of rotatable bonds is 46. The van der Waals surface area contributed by atoms with Gasteiger partial charge < -0.3 is 9.11 Å². The molecule has 360 valence electrons. The molecule has 0 aliphatic carbocycles. The normalized spacial score (nSPS) is 13.1. The second-order valence-corrected chi connectivity index (χ2v) is 19.6. The zero-order chi connectivity index (χ0) is 44.7. The van der Waals surface area contributed by atoms with Crippen molar-refractivity contribution >= 4 is 58.5 Å². The zero-order valence-corrected chi connectivity index (χ0v) is 44.4. The summed E-state index contributed by atoms with van der Waals surface area (Å²) < 4.78 is 73.5. The standard InChI is InChI=1S/2C25H50O4S.Ca/c2*1-3-5-7-9-10-11-12-13-14-15-16-17-19-21-23-25(24-29-30(26,27)28)22-20-18-8-6-4-2;/h2*21,23,25H,3-20,22,24H2,1-2H3,(H,26,27,28);/q;;+2/p-2/b2*23-21+;. The van der Waals surface area contributed by atoms with Crippen molar-refractivity contribution in [2.24, 2.45) is 11.8 Å². The van der Waals surface area contributed by atoms with Crippen LogP contribution in [0.3, 0.4) is 0 Å². The fourth-order valence-electron chi connectivity index (χ4n) is 7.62.